The summed E-state index contributed by atoms with van der Waals surface area (Å²) in [4.78, 5) is 38.1. The summed E-state index contributed by atoms with van der Waals surface area (Å²) in [6.45, 7) is 0.293. The van der Waals surface area contributed by atoms with E-state index in [1.165, 1.54) is 26.2 Å². The highest BCUT2D eigenvalue weighted by atomic mass is 16.5. The van der Waals surface area contributed by atoms with Crippen LogP contribution in [0.3, 0.4) is 0 Å². The van der Waals surface area contributed by atoms with E-state index in [1.54, 1.807) is 19.2 Å². The molecule has 26 heavy (non-hydrogen) atoms. The quantitative estimate of drug-likeness (QED) is 0.698. The molecule has 0 atom stereocenters. The number of carbonyl (C=O) groups excluding carboxylic acids is 3. The molecule has 0 saturated carbocycles. The average Bonchev–Trinajstić information content (AvgIpc) is 2.86. The van der Waals surface area contributed by atoms with Gasteiger partial charge in [0.15, 0.2) is 11.5 Å². The normalized spacial score (nSPS) is 13.8. The number of urea groups is 1. The summed E-state index contributed by atoms with van der Waals surface area (Å²) in [5.41, 5.74) is 0.498. The van der Waals surface area contributed by atoms with Crippen LogP contribution < -0.4 is 19.5 Å². The summed E-state index contributed by atoms with van der Waals surface area (Å²) in [7, 11) is 6.04. The van der Waals surface area contributed by atoms with Crippen LogP contribution in [-0.2, 0) is 9.59 Å². The fourth-order valence-electron chi connectivity index (χ4n) is 2.66. The number of carbonyl (C=O) groups is 3. The molecule has 0 spiro atoms. The molecule has 1 aromatic carbocycles. The van der Waals surface area contributed by atoms with Crippen molar-refractivity contribution in [3.63, 3.8) is 0 Å². The number of imide groups is 1. The molecule has 1 fully saturated rings. The number of nitrogens with zero attached hydrogens (tertiary/aromatic N) is 2. The largest absolute Gasteiger partial charge is 0.493 e. The molecule has 1 aromatic rings. The van der Waals surface area contributed by atoms with E-state index in [0.29, 0.717) is 29.4 Å². The van der Waals surface area contributed by atoms with E-state index in [2.05, 4.69) is 5.32 Å². The van der Waals surface area contributed by atoms with Crippen LogP contribution in [0.15, 0.2) is 12.1 Å². The van der Waals surface area contributed by atoms with E-state index in [1.807, 2.05) is 0 Å². The highest BCUT2D eigenvalue weighted by Gasteiger charge is 2.32. The second-order valence-electron chi connectivity index (χ2n) is 5.75. The fraction of sp³-hybridized carbons (Fsp3) is 0.471. The van der Waals surface area contributed by atoms with E-state index in [9.17, 15) is 14.4 Å². The number of ether oxygens (including phenoxy) is 3. The topological polar surface area (TPSA) is 97.4 Å². The summed E-state index contributed by atoms with van der Waals surface area (Å²) in [5.74, 6) is 0.800. The Morgan fingerprint density at radius 1 is 1.12 bits per heavy atom. The summed E-state index contributed by atoms with van der Waals surface area (Å²) in [6, 6.07) is 2.92. The highest BCUT2D eigenvalue weighted by molar-refractivity contribution is 6.01. The van der Waals surface area contributed by atoms with Crippen molar-refractivity contribution in [1.29, 1.82) is 0 Å². The van der Waals surface area contributed by atoms with Crippen LogP contribution >= 0.6 is 0 Å². The maximum absolute atomic E-state index is 12.1. The lowest BCUT2D eigenvalue weighted by Gasteiger charge is -2.15. The van der Waals surface area contributed by atoms with Crippen LogP contribution in [0, 0.1) is 0 Å². The van der Waals surface area contributed by atoms with Gasteiger partial charge in [-0.1, -0.05) is 0 Å². The Morgan fingerprint density at radius 2 is 1.73 bits per heavy atom. The molecular formula is C17H23N3O6. The maximum atomic E-state index is 12.1. The predicted octanol–water partition coefficient (Wildman–Crippen LogP) is 1.33. The number of nitrogens with one attached hydrogen (secondary N) is 1. The van der Waals surface area contributed by atoms with Gasteiger partial charge in [0.05, 0.1) is 21.3 Å². The van der Waals surface area contributed by atoms with Crippen molar-refractivity contribution in [3.05, 3.63) is 12.1 Å². The summed E-state index contributed by atoms with van der Waals surface area (Å²) < 4.78 is 15.7. The lowest BCUT2D eigenvalue weighted by atomic mass is 10.2. The monoisotopic (exact) mass is 365 g/mol. The second kappa shape index (κ2) is 8.41. The van der Waals surface area contributed by atoms with E-state index in [0.717, 1.165) is 4.90 Å². The molecule has 4 amide bonds. The zero-order valence-electron chi connectivity index (χ0n) is 15.3. The molecule has 0 radical (unpaired) electrons. The van der Waals surface area contributed by atoms with Crippen LogP contribution in [0.25, 0.3) is 0 Å². The van der Waals surface area contributed by atoms with Crippen LogP contribution in [0.1, 0.15) is 12.8 Å². The molecule has 1 heterocycles. The van der Waals surface area contributed by atoms with Gasteiger partial charge < -0.3 is 24.4 Å². The van der Waals surface area contributed by atoms with E-state index in [4.69, 9.17) is 14.2 Å². The zero-order chi connectivity index (χ0) is 19.3. The Hall–Kier alpha value is -2.97. The molecule has 142 valence electrons. The molecule has 1 aliphatic rings. The van der Waals surface area contributed by atoms with Crippen molar-refractivity contribution in [2.24, 2.45) is 0 Å². The Morgan fingerprint density at radius 3 is 2.19 bits per heavy atom. The fourth-order valence-corrected chi connectivity index (χ4v) is 2.66. The van der Waals surface area contributed by atoms with Gasteiger partial charge in [-0.3, -0.25) is 14.5 Å². The number of hydrogen-bond acceptors (Lipinski definition) is 6. The first-order valence-corrected chi connectivity index (χ1v) is 8.06. The third-order valence-corrected chi connectivity index (χ3v) is 3.96. The minimum atomic E-state index is -0.333. The first kappa shape index (κ1) is 19.4. The summed E-state index contributed by atoms with van der Waals surface area (Å²) in [5, 5.41) is 2.75. The van der Waals surface area contributed by atoms with Crippen LogP contribution in [-0.4, -0.2) is 69.1 Å². The average molecular weight is 365 g/mol. The van der Waals surface area contributed by atoms with Crippen LogP contribution in [0.5, 0.6) is 17.2 Å². The molecule has 0 bridgehead atoms. The van der Waals surface area contributed by atoms with Gasteiger partial charge in [0.2, 0.25) is 17.6 Å². The molecule has 9 heteroatoms. The van der Waals surface area contributed by atoms with Gasteiger partial charge in [0.1, 0.15) is 6.54 Å². The Bertz CT molecular complexity index is 681. The molecule has 0 unspecified atom stereocenters. The number of benzene rings is 1. The number of likely N-dealkylation sites (N-methyl/N-ethyl adjacent to an activating group) is 1. The first-order valence-electron chi connectivity index (χ1n) is 8.06. The number of amides is 4. The standard InChI is InChI=1S/C17H23N3O6/c1-19-10-15(22)20(17(19)23)7-5-6-14(21)18-11-8-12(24-2)16(26-4)13(9-11)25-3/h8-9H,5-7,10H2,1-4H3,(H,18,21). The maximum Gasteiger partial charge on any atom is 0.326 e. The van der Waals surface area contributed by atoms with E-state index < -0.39 is 0 Å². The van der Waals surface area contributed by atoms with Crippen molar-refractivity contribution in [2.75, 3.05) is 46.8 Å². The molecule has 1 saturated heterocycles. The van der Waals surface area contributed by atoms with E-state index in [-0.39, 0.29) is 37.4 Å². The first-order chi connectivity index (χ1) is 12.4. The third kappa shape index (κ3) is 4.16. The SMILES string of the molecule is COc1cc(NC(=O)CCCN2C(=O)CN(C)C2=O)cc(OC)c1OC. The number of rotatable bonds is 8. The van der Waals surface area contributed by atoms with Gasteiger partial charge in [-0.2, -0.15) is 0 Å². The Kier molecular flexibility index (Phi) is 6.26. The lowest BCUT2D eigenvalue weighted by Crippen LogP contribution is -2.32. The van der Waals surface area contributed by atoms with Crippen molar-refractivity contribution >= 4 is 23.5 Å². The minimum absolute atomic E-state index is 0.0798. The van der Waals surface area contributed by atoms with E-state index >= 15 is 0 Å². The van der Waals surface area contributed by atoms with Crippen molar-refractivity contribution in [1.82, 2.24) is 9.80 Å². The van der Waals surface area contributed by atoms with Gasteiger partial charge >= 0.3 is 6.03 Å². The number of hydrogen-bond donors (Lipinski definition) is 1. The minimum Gasteiger partial charge on any atom is -0.493 e. The van der Waals surface area contributed by atoms with Gasteiger partial charge in [-0.05, 0) is 6.42 Å². The van der Waals surface area contributed by atoms with Gasteiger partial charge in [0, 0.05) is 37.8 Å². The van der Waals surface area contributed by atoms with Gasteiger partial charge in [-0.25, -0.2) is 4.79 Å². The Labute approximate surface area is 151 Å². The van der Waals surface area contributed by atoms with Crippen molar-refractivity contribution in [2.45, 2.75) is 12.8 Å². The highest BCUT2D eigenvalue weighted by Crippen LogP contribution is 2.39. The lowest BCUT2D eigenvalue weighted by molar-refractivity contribution is -0.125. The van der Waals surface area contributed by atoms with Crippen molar-refractivity contribution in [3.8, 4) is 17.2 Å². The molecule has 9 nitrogen and oxygen atoms in total. The smallest absolute Gasteiger partial charge is 0.326 e. The van der Waals surface area contributed by atoms with Gasteiger partial charge in [-0.15, -0.1) is 0 Å². The molecule has 0 aromatic heterocycles. The Balaban J connectivity index is 1.93. The predicted molar refractivity (Wildman–Crippen MR) is 93.7 cm³/mol. The molecule has 0 aliphatic carbocycles. The summed E-state index contributed by atoms with van der Waals surface area (Å²) in [6.07, 6.45) is 0.541. The molecular weight excluding hydrogens is 342 g/mol. The molecule has 1 N–H and O–H groups in total. The summed E-state index contributed by atoms with van der Waals surface area (Å²) >= 11 is 0. The molecule has 2 rings (SSSR count). The van der Waals surface area contributed by atoms with Crippen molar-refractivity contribution < 1.29 is 28.6 Å². The molecule has 1 aliphatic heterocycles. The zero-order valence-corrected chi connectivity index (χ0v) is 15.3. The number of methoxy groups -OCH3 is 3. The second-order valence-corrected chi connectivity index (χ2v) is 5.75. The third-order valence-electron chi connectivity index (χ3n) is 3.96. The van der Waals surface area contributed by atoms with Crippen LogP contribution in [0.2, 0.25) is 0 Å². The number of anilines is 1. The van der Waals surface area contributed by atoms with Gasteiger partial charge in [0.25, 0.3) is 0 Å². The van der Waals surface area contributed by atoms with Crippen LogP contribution in [0.4, 0.5) is 10.5 Å².